The molecule has 0 spiro atoms. The fraction of sp³-hybridized carbons (Fsp3) is 0.750. The van der Waals surface area contributed by atoms with E-state index in [-0.39, 0.29) is 0 Å². The van der Waals surface area contributed by atoms with E-state index in [1.54, 1.807) is 0 Å². The molecule has 0 radical (unpaired) electrons. The maximum Gasteiger partial charge on any atom is 0.144 e. The molecule has 2 heterocycles. The molecule has 0 bridgehead atoms. The highest BCUT2D eigenvalue weighted by molar-refractivity contribution is 5.35. The summed E-state index contributed by atoms with van der Waals surface area (Å²) >= 11 is 0. The normalized spacial score (nSPS) is 20.1. The molecule has 1 aliphatic rings. The summed E-state index contributed by atoms with van der Waals surface area (Å²) in [6.45, 7) is 9.55. The van der Waals surface area contributed by atoms with Gasteiger partial charge >= 0.3 is 0 Å². The Balaban J connectivity index is 2.05. The minimum atomic E-state index is 0.708. The Morgan fingerprint density at radius 3 is 2.90 bits per heavy atom. The Bertz CT molecular complexity index is 419. The number of aryl methyl sites for hydroxylation is 1. The third-order valence-electron chi connectivity index (χ3n) is 4.02. The van der Waals surface area contributed by atoms with E-state index in [2.05, 4.69) is 41.0 Å². The molecule has 1 unspecified atom stereocenters. The van der Waals surface area contributed by atoms with Gasteiger partial charge in [-0.2, -0.15) is 0 Å². The maximum atomic E-state index is 4.67. The van der Waals surface area contributed by atoms with Gasteiger partial charge in [0.1, 0.15) is 11.6 Å². The first-order chi connectivity index (χ1) is 9.72. The van der Waals surface area contributed by atoms with Crippen molar-refractivity contribution in [3.63, 3.8) is 0 Å². The van der Waals surface area contributed by atoms with Gasteiger partial charge in [0, 0.05) is 24.3 Å². The van der Waals surface area contributed by atoms with Gasteiger partial charge in [-0.25, -0.2) is 9.97 Å². The molecule has 4 heteroatoms. The van der Waals surface area contributed by atoms with E-state index in [9.17, 15) is 0 Å². The molecule has 1 aliphatic heterocycles. The van der Waals surface area contributed by atoms with Gasteiger partial charge in [0.25, 0.3) is 0 Å². The zero-order valence-corrected chi connectivity index (χ0v) is 13.2. The number of hydrogen-bond acceptors (Lipinski definition) is 4. The van der Waals surface area contributed by atoms with Crippen molar-refractivity contribution < 1.29 is 0 Å². The van der Waals surface area contributed by atoms with Crippen LogP contribution in [0.15, 0.2) is 6.07 Å². The molecule has 112 valence electrons. The standard InChI is InChI=1S/C16H28N4/c1-4-9-17-15-11-13(3)18-16(19-15)12-20-10-7-6-8-14(20)5-2/h11,14H,4-10,12H2,1-3H3,(H,17,18,19). The summed E-state index contributed by atoms with van der Waals surface area (Å²) in [6, 6.07) is 2.74. The third kappa shape index (κ3) is 4.17. The van der Waals surface area contributed by atoms with Crippen LogP contribution in [-0.2, 0) is 6.54 Å². The van der Waals surface area contributed by atoms with Gasteiger partial charge in [0.2, 0.25) is 0 Å². The summed E-state index contributed by atoms with van der Waals surface area (Å²) in [4.78, 5) is 11.8. The highest BCUT2D eigenvalue weighted by Crippen LogP contribution is 2.21. The van der Waals surface area contributed by atoms with Crippen LogP contribution in [-0.4, -0.2) is 34.0 Å². The molecular formula is C16H28N4. The Labute approximate surface area is 123 Å². The minimum absolute atomic E-state index is 0.708. The average molecular weight is 276 g/mol. The zero-order valence-electron chi connectivity index (χ0n) is 13.2. The van der Waals surface area contributed by atoms with Gasteiger partial charge in [-0.1, -0.05) is 20.3 Å². The molecule has 2 rings (SSSR count). The second kappa shape index (κ2) is 7.58. The molecular weight excluding hydrogens is 248 g/mol. The molecule has 0 aliphatic carbocycles. The minimum Gasteiger partial charge on any atom is -0.370 e. The highest BCUT2D eigenvalue weighted by Gasteiger charge is 2.21. The van der Waals surface area contributed by atoms with Crippen LogP contribution in [0.5, 0.6) is 0 Å². The smallest absolute Gasteiger partial charge is 0.144 e. The molecule has 0 amide bonds. The predicted molar refractivity (Wildman–Crippen MR) is 83.9 cm³/mol. The number of nitrogens with one attached hydrogen (secondary N) is 1. The lowest BCUT2D eigenvalue weighted by Gasteiger charge is -2.34. The van der Waals surface area contributed by atoms with Gasteiger partial charge < -0.3 is 5.32 Å². The van der Waals surface area contributed by atoms with Gasteiger partial charge in [-0.05, 0) is 39.2 Å². The number of nitrogens with zero attached hydrogens (tertiary/aromatic N) is 3. The summed E-state index contributed by atoms with van der Waals surface area (Å²) < 4.78 is 0. The lowest BCUT2D eigenvalue weighted by atomic mass is 10.00. The fourth-order valence-electron chi connectivity index (χ4n) is 2.96. The van der Waals surface area contributed by atoms with Crippen molar-refractivity contribution in [1.29, 1.82) is 0 Å². The Kier molecular flexibility index (Phi) is 5.77. The number of likely N-dealkylation sites (tertiary alicyclic amines) is 1. The lowest BCUT2D eigenvalue weighted by molar-refractivity contribution is 0.132. The molecule has 0 saturated carbocycles. The van der Waals surface area contributed by atoms with Crippen LogP contribution in [0, 0.1) is 6.92 Å². The summed E-state index contributed by atoms with van der Waals surface area (Å²) in [6.07, 6.45) is 6.34. The van der Waals surface area contributed by atoms with Crippen molar-refractivity contribution in [3.05, 3.63) is 17.6 Å². The first-order valence-electron chi connectivity index (χ1n) is 8.05. The number of anilines is 1. The number of hydrogen-bond donors (Lipinski definition) is 1. The summed E-state index contributed by atoms with van der Waals surface area (Å²) in [7, 11) is 0. The van der Waals surface area contributed by atoms with E-state index in [4.69, 9.17) is 0 Å². The number of rotatable bonds is 6. The van der Waals surface area contributed by atoms with Crippen molar-refractivity contribution in [1.82, 2.24) is 14.9 Å². The van der Waals surface area contributed by atoms with Crippen LogP contribution in [0.1, 0.15) is 57.5 Å². The summed E-state index contributed by atoms with van der Waals surface area (Å²) in [5.41, 5.74) is 1.05. The van der Waals surface area contributed by atoms with Crippen LogP contribution in [0.25, 0.3) is 0 Å². The van der Waals surface area contributed by atoms with Crippen LogP contribution in [0.2, 0.25) is 0 Å². The van der Waals surface area contributed by atoms with E-state index in [0.29, 0.717) is 6.04 Å². The van der Waals surface area contributed by atoms with Crippen LogP contribution in [0.4, 0.5) is 5.82 Å². The van der Waals surface area contributed by atoms with E-state index >= 15 is 0 Å². The second-order valence-corrected chi connectivity index (χ2v) is 5.77. The Hall–Kier alpha value is -1.16. The van der Waals surface area contributed by atoms with E-state index in [0.717, 1.165) is 36.8 Å². The SMILES string of the molecule is CCCNc1cc(C)nc(CN2CCCCC2CC)n1. The molecule has 0 aromatic carbocycles. The van der Waals surface area contributed by atoms with Crippen molar-refractivity contribution in [3.8, 4) is 0 Å². The largest absolute Gasteiger partial charge is 0.370 e. The van der Waals surface area contributed by atoms with Crippen molar-refractivity contribution in [2.75, 3.05) is 18.4 Å². The van der Waals surface area contributed by atoms with Crippen molar-refractivity contribution in [2.45, 2.75) is 65.5 Å². The molecule has 1 aromatic heterocycles. The zero-order chi connectivity index (χ0) is 14.4. The van der Waals surface area contributed by atoms with Gasteiger partial charge in [-0.15, -0.1) is 0 Å². The predicted octanol–water partition coefficient (Wildman–Crippen LogP) is 3.37. The van der Waals surface area contributed by atoms with E-state index < -0.39 is 0 Å². The first kappa shape index (κ1) is 15.2. The van der Waals surface area contributed by atoms with E-state index in [1.807, 2.05) is 6.07 Å². The maximum absolute atomic E-state index is 4.67. The van der Waals surface area contributed by atoms with Crippen LogP contribution < -0.4 is 5.32 Å². The number of aromatic nitrogens is 2. The third-order valence-corrected chi connectivity index (χ3v) is 4.02. The van der Waals surface area contributed by atoms with E-state index in [1.165, 1.54) is 32.2 Å². The van der Waals surface area contributed by atoms with Crippen molar-refractivity contribution in [2.24, 2.45) is 0 Å². The fourth-order valence-corrected chi connectivity index (χ4v) is 2.96. The molecule has 20 heavy (non-hydrogen) atoms. The second-order valence-electron chi connectivity index (χ2n) is 5.77. The summed E-state index contributed by atoms with van der Waals surface area (Å²) in [5, 5.41) is 3.37. The summed E-state index contributed by atoms with van der Waals surface area (Å²) in [5.74, 6) is 1.93. The quantitative estimate of drug-likeness (QED) is 0.865. The van der Waals surface area contributed by atoms with Crippen molar-refractivity contribution >= 4 is 5.82 Å². The monoisotopic (exact) mass is 276 g/mol. The highest BCUT2D eigenvalue weighted by atomic mass is 15.2. The molecule has 1 fully saturated rings. The van der Waals surface area contributed by atoms with Gasteiger partial charge in [-0.3, -0.25) is 4.90 Å². The average Bonchev–Trinajstić information content (AvgIpc) is 2.45. The molecule has 1 N–H and O–H groups in total. The van der Waals surface area contributed by atoms with Crippen LogP contribution in [0.3, 0.4) is 0 Å². The first-order valence-corrected chi connectivity index (χ1v) is 8.05. The van der Waals surface area contributed by atoms with Gasteiger partial charge in [0.15, 0.2) is 0 Å². The number of piperidine rings is 1. The molecule has 4 nitrogen and oxygen atoms in total. The Morgan fingerprint density at radius 2 is 2.15 bits per heavy atom. The molecule has 1 aromatic rings. The van der Waals surface area contributed by atoms with Crippen LogP contribution >= 0.6 is 0 Å². The molecule has 1 saturated heterocycles. The lowest BCUT2D eigenvalue weighted by Crippen LogP contribution is -2.38. The molecule has 1 atom stereocenters. The topological polar surface area (TPSA) is 41.1 Å². The van der Waals surface area contributed by atoms with Gasteiger partial charge in [0.05, 0.1) is 6.54 Å². The Morgan fingerprint density at radius 1 is 1.30 bits per heavy atom.